The second-order valence-corrected chi connectivity index (χ2v) is 18.0. The average Bonchev–Trinajstić information content (AvgIpc) is 3.57. The molecule has 60 heavy (non-hydrogen) atoms. The van der Waals surface area contributed by atoms with Crippen LogP contribution in [0.25, 0.3) is 0 Å². The molecular formula is C54H120F6. The number of rotatable bonds is 7. The molecular weight excluding hydrogens is 763 g/mol. The number of unbranched alkanes of at least 4 members (excludes halogenated alkanes) is 1. The van der Waals surface area contributed by atoms with E-state index in [1.54, 1.807) is 69.2 Å². The van der Waals surface area contributed by atoms with E-state index in [9.17, 15) is 26.3 Å². The van der Waals surface area contributed by atoms with E-state index in [1.807, 2.05) is 69.2 Å². The molecule has 0 bridgehead atoms. The summed E-state index contributed by atoms with van der Waals surface area (Å²) in [6, 6.07) is 0. The Bertz CT molecular complexity index is 1000. The van der Waals surface area contributed by atoms with Gasteiger partial charge in [0.05, 0.1) is 0 Å². The minimum absolute atomic E-state index is 0.0556. The van der Waals surface area contributed by atoms with E-state index in [2.05, 4.69) is 27.7 Å². The predicted octanol–water partition coefficient (Wildman–Crippen LogP) is 23.4. The van der Waals surface area contributed by atoms with E-state index in [0.717, 1.165) is 25.7 Å². The summed E-state index contributed by atoms with van der Waals surface area (Å²) in [6.07, 6.45) is 4.35. The first-order valence-electron chi connectivity index (χ1n) is 29.3. The molecule has 0 N–H and O–H groups in total. The molecule has 2 aliphatic carbocycles. The number of hydrogen-bond acceptors (Lipinski definition) is 0. The van der Waals surface area contributed by atoms with Gasteiger partial charge in [-0.2, -0.15) is 26.3 Å². The van der Waals surface area contributed by atoms with Crippen LogP contribution >= 0.6 is 0 Å². The van der Waals surface area contributed by atoms with Crippen LogP contribution in [0.5, 0.6) is 0 Å². The van der Waals surface area contributed by atoms with Crippen LogP contribution < -0.4 is 0 Å². The van der Waals surface area contributed by atoms with E-state index < -0.39 is 56.6 Å². The Hall–Kier alpha value is -0.420. The molecule has 0 aromatic carbocycles. The zero-order chi connectivity index (χ0) is 59.8. The van der Waals surface area contributed by atoms with Gasteiger partial charge in [0.2, 0.25) is 0 Å². The van der Waals surface area contributed by atoms with E-state index in [4.69, 9.17) is 15.1 Å². The van der Waals surface area contributed by atoms with Crippen molar-refractivity contribution in [2.24, 2.45) is 40.4 Å². The SMILES string of the molecule is CC.CCC.CCCC.CC[C@H](C)CC(F)(F)F.CC[C@H](C)CC(F)(F)F.[2H]C([2H])(C)C(C)(C)C.[2H]C([2H])(C)C(C)C.[2H]C([2H])(C)CC.[2H]C([2H])([2H])C(C)(C)C.[2H]C1(C)CCCC1.[2H]C1(C)CCCCC1. The Kier molecular flexibility index (Phi) is 50.9. The van der Waals surface area contributed by atoms with E-state index in [0.29, 0.717) is 19.3 Å². The Balaban J connectivity index is -0.0000000864. The van der Waals surface area contributed by atoms with Crippen molar-refractivity contribution in [1.29, 1.82) is 0 Å². The zero-order valence-corrected chi connectivity index (χ0v) is 45.0. The van der Waals surface area contributed by atoms with Crippen LogP contribution in [0, 0.1) is 40.4 Å². The highest BCUT2D eigenvalue weighted by Gasteiger charge is 2.29. The largest absolute Gasteiger partial charge is 0.389 e. The fourth-order valence-electron chi connectivity index (χ4n) is 3.21. The van der Waals surface area contributed by atoms with Crippen molar-refractivity contribution in [3.63, 3.8) is 0 Å². The van der Waals surface area contributed by atoms with Crippen molar-refractivity contribution in [1.82, 2.24) is 0 Å². The van der Waals surface area contributed by atoms with Crippen molar-refractivity contribution in [2.45, 2.75) is 314 Å². The van der Waals surface area contributed by atoms with Gasteiger partial charge >= 0.3 is 12.4 Å². The van der Waals surface area contributed by atoms with E-state index in [1.165, 1.54) is 51.4 Å². The predicted molar refractivity (Wildman–Crippen MR) is 269 cm³/mol. The molecule has 0 nitrogen and oxygen atoms in total. The topological polar surface area (TPSA) is 0 Å². The summed E-state index contributed by atoms with van der Waals surface area (Å²) in [5, 5.41) is 0. The maximum Gasteiger partial charge on any atom is 0.389 e. The van der Waals surface area contributed by atoms with Gasteiger partial charge in [-0.3, -0.25) is 0 Å². The average molecular weight is 895 g/mol. The molecule has 0 amide bonds. The molecule has 0 heterocycles. The molecule has 0 aromatic heterocycles. The molecule has 2 rings (SSSR count). The maximum atomic E-state index is 11.5. The zero-order valence-electron chi connectivity index (χ0n) is 56.0. The van der Waals surface area contributed by atoms with Crippen LogP contribution in [0.15, 0.2) is 0 Å². The molecule has 2 atom stereocenters. The highest BCUT2D eigenvalue weighted by atomic mass is 19.4. The summed E-state index contributed by atoms with van der Waals surface area (Å²) in [4.78, 5) is 0. The second-order valence-electron chi connectivity index (χ2n) is 18.0. The first-order chi connectivity index (χ1) is 31.2. The first kappa shape index (κ1) is 53.9. The summed E-state index contributed by atoms with van der Waals surface area (Å²) >= 11 is 0. The fraction of sp³-hybridized carbons (Fsp3) is 1.00. The van der Waals surface area contributed by atoms with Crippen molar-refractivity contribution < 1.29 is 41.4 Å². The molecule has 0 radical (unpaired) electrons. The fourth-order valence-corrected chi connectivity index (χ4v) is 3.21. The van der Waals surface area contributed by atoms with Gasteiger partial charge in [0, 0.05) is 27.9 Å². The van der Waals surface area contributed by atoms with Crippen LogP contribution in [-0.4, -0.2) is 12.4 Å². The molecule has 0 aromatic rings. The molecule has 378 valence electrons. The second kappa shape index (κ2) is 56.6. The molecule has 0 aliphatic heterocycles. The Labute approximate surface area is 395 Å². The minimum Gasteiger partial charge on any atom is -0.171 e. The van der Waals surface area contributed by atoms with Crippen LogP contribution in [0.3, 0.4) is 0 Å². The quantitative estimate of drug-likeness (QED) is 0.223. The minimum atomic E-state index is -3.98. The van der Waals surface area contributed by atoms with Gasteiger partial charge in [0.15, 0.2) is 0 Å². The molecule has 2 saturated carbocycles. The molecule has 0 saturated heterocycles. The third kappa shape index (κ3) is 146. The van der Waals surface area contributed by atoms with Gasteiger partial charge in [0.1, 0.15) is 0 Å². The lowest BCUT2D eigenvalue weighted by atomic mass is 9.91. The number of halogens is 6. The number of alkyl halides is 6. The van der Waals surface area contributed by atoms with Gasteiger partial charge in [-0.1, -0.05) is 288 Å². The van der Waals surface area contributed by atoms with Gasteiger partial charge < -0.3 is 0 Å². The Morgan fingerprint density at radius 2 is 0.767 bits per heavy atom. The molecule has 6 heteroatoms. The van der Waals surface area contributed by atoms with Gasteiger partial charge in [-0.05, 0) is 40.4 Å². The molecule has 0 spiro atoms. The lowest BCUT2D eigenvalue weighted by molar-refractivity contribution is -0.144. The van der Waals surface area contributed by atoms with E-state index in [-0.39, 0.29) is 35.0 Å². The Morgan fingerprint density at radius 3 is 0.833 bits per heavy atom. The normalized spacial score (nSPS) is 19.3. The highest BCUT2D eigenvalue weighted by molar-refractivity contribution is 4.61. The van der Waals surface area contributed by atoms with Crippen LogP contribution in [0.2, 0.25) is 0 Å². The van der Waals surface area contributed by atoms with E-state index >= 15 is 0 Å². The molecule has 2 aliphatic rings. The smallest absolute Gasteiger partial charge is 0.171 e. The van der Waals surface area contributed by atoms with Crippen molar-refractivity contribution in [3.8, 4) is 0 Å². The van der Waals surface area contributed by atoms with Gasteiger partial charge in [-0.25, -0.2) is 0 Å². The Morgan fingerprint density at radius 1 is 0.550 bits per heavy atom. The summed E-state index contributed by atoms with van der Waals surface area (Å²) in [7, 11) is 0. The monoisotopic (exact) mass is 894 g/mol. The van der Waals surface area contributed by atoms with Gasteiger partial charge in [0.25, 0.3) is 0 Å². The van der Waals surface area contributed by atoms with Crippen LogP contribution in [0.1, 0.15) is 316 Å². The maximum absolute atomic E-state index is 11.5. The van der Waals surface area contributed by atoms with Crippen molar-refractivity contribution in [2.75, 3.05) is 0 Å². The first-order valence-corrected chi connectivity index (χ1v) is 23.8. The molecule has 2 fully saturated rings. The van der Waals surface area contributed by atoms with Crippen molar-refractivity contribution >= 4 is 0 Å². The van der Waals surface area contributed by atoms with Crippen LogP contribution in [-0.2, 0) is 0 Å². The van der Waals surface area contributed by atoms with Gasteiger partial charge in [-0.15, -0.1) is 0 Å². The highest BCUT2D eigenvalue weighted by Crippen LogP contribution is 2.27. The summed E-state index contributed by atoms with van der Waals surface area (Å²) < 4.78 is 147. The number of hydrogen-bond donors (Lipinski definition) is 0. The third-order valence-electron chi connectivity index (χ3n) is 7.90. The third-order valence-corrected chi connectivity index (χ3v) is 7.90. The van der Waals surface area contributed by atoms with Crippen molar-refractivity contribution in [3.05, 3.63) is 0 Å². The van der Waals surface area contributed by atoms with Crippen LogP contribution in [0.4, 0.5) is 26.3 Å². The summed E-state index contributed by atoms with van der Waals surface area (Å²) in [6.45, 7) is 42.8. The summed E-state index contributed by atoms with van der Waals surface area (Å²) in [5.41, 5.74) is -0.792. The lowest BCUT2D eigenvalue weighted by Gasteiger charge is -2.15. The summed E-state index contributed by atoms with van der Waals surface area (Å²) in [5.74, 6) is -0.458. The standard InChI is InChI=1S/C7H14.2C6H11F3.C6H12.C6H14.2C5H12.2C4H10.C3H8.C2H6/c1-7-5-3-2-4-6-7;2*1-3-5(2)4-6(7,8)9;1-6-4-2-3-5-6;1-5-6(2,3)4;1-5(2,3)4;1-4-5(2)3;2*1-3-4-2;1-3-2;1-2/h7H,2-6H2,1H3;2*5H,3-4H2,1-2H3;6H,2-5H2,1H3;5H2,1-4H3;1-4H3;5H,4H2,1-3H3;2*3-4H2,1-2H3;3H2,1-2H3;1-2H3/t;2*5-;;;;;;;;/m.00......../s1/i7D;;;6D;5D2;1D3;4D2;3D2;;;. The lowest BCUT2D eigenvalue weighted by Crippen LogP contribution is -2.12. The molecule has 0 unspecified atom stereocenters.